The molecule has 140 valence electrons. The van der Waals surface area contributed by atoms with E-state index in [1.165, 1.54) is 0 Å². The van der Waals surface area contributed by atoms with Crippen LogP contribution in [0.25, 0.3) is 10.9 Å². The summed E-state index contributed by atoms with van der Waals surface area (Å²) >= 11 is 0. The number of piperidine rings is 1. The number of H-pyrrole nitrogens is 1. The van der Waals surface area contributed by atoms with Gasteiger partial charge in [-0.3, -0.25) is 4.79 Å². The highest BCUT2D eigenvalue weighted by Crippen LogP contribution is 2.24. The fourth-order valence-electron chi connectivity index (χ4n) is 4.12. The predicted octanol–water partition coefficient (Wildman–Crippen LogP) is 3.21. The smallest absolute Gasteiger partial charge is 0.227 e. The van der Waals surface area contributed by atoms with E-state index >= 15 is 0 Å². The summed E-state index contributed by atoms with van der Waals surface area (Å²) in [4.78, 5) is 18.2. The third-order valence-corrected chi connectivity index (χ3v) is 5.69. The molecule has 3 heterocycles. The van der Waals surface area contributed by atoms with Crippen LogP contribution in [0, 0.1) is 6.92 Å². The molecule has 5 heteroatoms. The van der Waals surface area contributed by atoms with Gasteiger partial charge in [0.05, 0.1) is 25.2 Å². The van der Waals surface area contributed by atoms with Crippen molar-refractivity contribution in [3.8, 4) is 0 Å². The third kappa shape index (κ3) is 3.79. The van der Waals surface area contributed by atoms with Crippen molar-refractivity contribution in [3.05, 3.63) is 35.5 Å². The van der Waals surface area contributed by atoms with Crippen LogP contribution < -0.4 is 0 Å². The minimum atomic E-state index is 0.218. The van der Waals surface area contributed by atoms with Crippen molar-refractivity contribution in [2.75, 3.05) is 26.3 Å². The molecule has 1 aromatic heterocycles. The van der Waals surface area contributed by atoms with Gasteiger partial charge in [0.2, 0.25) is 5.91 Å². The lowest BCUT2D eigenvalue weighted by Gasteiger charge is -2.32. The van der Waals surface area contributed by atoms with E-state index in [0.717, 1.165) is 67.5 Å². The van der Waals surface area contributed by atoms with Crippen molar-refractivity contribution in [2.24, 2.45) is 0 Å². The van der Waals surface area contributed by atoms with Gasteiger partial charge in [-0.1, -0.05) is 18.2 Å². The number of ether oxygens (including phenoxy) is 2. The first-order valence-electron chi connectivity index (χ1n) is 9.78. The Bertz CT molecular complexity index is 756. The number of fused-ring (bicyclic) bond motifs is 1. The molecule has 1 amide bonds. The van der Waals surface area contributed by atoms with Crippen molar-refractivity contribution >= 4 is 16.8 Å². The summed E-state index contributed by atoms with van der Waals surface area (Å²) < 4.78 is 11.6. The van der Waals surface area contributed by atoms with Gasteiger partial charge >= 0.3 is 0 Å². The van der Waals surface area contributed by atoms with Crippen molar-refractivity contribution in [1.29, 1.82) is 0 Å². The Morgan fingerprint density at radius 2 is 2.08 bits per heavy atom. The Kier molecular flexibility index (Phi) is 5.27. The lowest BCUT2D eigenvalue weighted by atomic mass is 10.0. The number of rotatable bonds is 5. The van der Waals surface area contributed by atoms with E-state index in [0.29, 0.717) is 13.0 Å². The first-order chi connectivity index (χ1) is 12.7. The zero-order valence-electron chi connectivity index (χ0n) is 15.5. The number of carbonyl (C=O) groups is 1. The molecule has 1 N–H and O–H groups in total. The fourth-order valence-corrected chi connectivity index (χ4v) is 4.12. The summed E-state index contributed by atoms with van der Waals surface area (Å²) in [5.41, 5.74) is 3.32. The number of hydrogen-bond donors (Lipinski definition) is 1. The first kappa shape index (κ1) is 17.6. The molecule has 26 heavy (non-hydrogen) atoms. The third-order valence-electron chi connectivity index (χ3n) is 5.69. The standard InChI is InChI=1S/C21H28N2O3/c1-15-19(18-6-2-3-7-20(18)22-15)13-21(24)23-10-8-16(9-11-23)26-14-17-5-4-12-25-17/h2-3,6-7,16-17,22H,4-5,8-14H2,1H3. The fraction of sp³-hybridized carbons (Fsp3) is 0.571. The molecule has 0 aliphatic carbocycles. The molecule has 2 fully saturated rings. The van der Waals surface area contributed by atoms with Gasteiger partial charge in [0, 0.05) is 36.3 Å². The zero-order chi connectivity index (χ0) is 17.9. The molecule has 4 rings (SSSR count). The van der Waals surface area contributed by atoms with Crippen molar-refractivity contribution < 1.29 is 14.3 Å². The number of para-hydroxylation sites is 1. The molecule has 1 atom stereocenters. The Labute approximate surface area is 154 Å². The van der Waals surface area contributed by atoms with E-state index in [1.807, 2.05) is 24.0 Å². The molecule has 5 nitrogen and oxygen atoms in total. The number of aromatic nitrogens is 1. The number of benzene rings is 1. The number of nitrogens with one attached hydrogen (secondary N) is 1. The van der Waals surface area contributed by atoms with Crippen LogP contribution in [0.2, 0.25) is 0 Å². The molecule has 2 aliphatic heterocycles. The maximum atomic E-state index is 12.8. The van der Waals surface area contributed by atoms with Crippen LogP contribution in [0.5, 0.6) is 0 Å². The molecule has 2 saturated heterocycles. The highest BCUT2D eigenvalue weighted by atomic mass is 16.5. The molecule has 0 saturated carbocycles. The molecule has 0 bridgehead atoms. The SMILES string of the molecule is Cc1[nH]c2ccccc2c1CC(=O)N1CCC(OCC2CCCO2)CC1. The summed E-state index contributed by atoms with van der Waals surface area (Å²) in [5.74, 6) is 0.218. The van der Waals surface area contributed by atoms with Crippen LogP contribution in [0.15, 0.2) is 24.3 Å². The molecule has 1 unspecified atom stereocenters. The molecular formula is C21H28N2O3. The molecular weight excluding hydrogens is 328 g/mol. The Morgan fingerprint density at radius 1 is 1.27 bits per heavy atom. The number of aryl methyl sites for hydroxylation is 1. The number of aromatic amines is 1. The molecule has 0 spiro atoms. The molecule has 2 aliphatic rings. The van der Waals surface area contributed by atoms with Crippen LogP contribution >= 0.6 is 0 Å². The second-order valence-electron chi connectivity index (χ2n) is 7.50. The summed E-state index contributed by atoms with van der Waals surface area (Å²) in [7, 11) is 0. The predicted molar refractivity (Wildman–Crippen MR) is 101 cm³/mol. The van der Waals surface area contributed by atoms with Crippen LogP contribution in [0.4, 0.5) is 0 Å². The van der Waals surface area contributed by atoms with Gasteiger partial charge < -0.3 is 19.4 Å². The molecule has 0 radical (unpaired) electrons. The van der Waals surface area contributed by atoms with E-state index < -0.39 is 0 Å². The summed E-state index contributed by atoms with van der Waals surface area (Å²) in [5, 5.41) is 1.16. The van der Waals surface area contributed by atoms with Gasteiger partial charge in [0.25, 0.3) is 0 Å². The quantitative estimate of drug-likeness (QED) is 0.895. The van der Waals surface area contributed by atoms with Gasteiger partial charge in [-0.15, -0.1) is 0 Å². The first-order valence-corrected chi connectivity index (χ1v) is 9.78. The van der Waals surface area contributed by atoms with E-state index in [1.54, 1.807) is 0 Å². The largest absolute Gasteiger partial charge is 0.376 e. The highest BCUT2D eigenvalue weighted by Gasteiger charge is 2.25. The molecule has 1 aromatic carbocycles. The number of amides is 1. The average molecular weight is 356 g/mol. The van der Waals surface area contributed by atoms with Gasteiger partial charge in [0.1, 0.15) is 0 Å². The van der Waals surface area contributed by atoms with Crippen molar-refractivity contribution in [2.45, 2.75) is 51.2 Å². The zero-order valence-corrected chi connectivity index (χ0v) is 15.5. The maximum Gasteiger partial charge on any atom is 0.227 e. The number of nitrogens with zero attached hydrogens (tertiary/aromatic N) is 1. The summed E-state index contributed by atoms with van der Waals surface area (Å²) in [6, 6.07) is 8.20. The van der Waals surface area contributed by atoms with Crippen molar-refractivity contribution in [3.63, 3.8) is 0 Å². The van der Waals surface area contributed by atoms with Gasteiger partial charge in [-0.25, -0.2) is 0 Å². The minimum absolute atomic E-state index is 0.218. The monoisotopic (exact) mass is 356 g/mol. The second-order valence-corrected chi connectivity index (χ2v) is 7.50. The Morgan fingerprint density at radius 3 is 2.85 bits per heavy atom. The minimum Gasteiger partial charge on any atom is -0.376 e. The Balaban J connectivity index is 1.30. The second kappa shape index (κ2) is 7.80. The van der Waals surface area contributed by atoms with E-state index in [-0.39, 0.29) is 18.1 Å². The highest BCUT2D eigenvalue weighted by molar-refractivity contribution is 5.90. The number of likely N-dealkylation sites (tertiary alicyclic amines) is 1. The maximum absolute atomic E-state index is 12.8. The van der Waals surface area contributed by atoms with Crippen LogP contribution in [-0.4, -0.2) is 54.3 Å². The normalized spacial score (nSPS) is 21.6. The van der Waals surface area contributed by atoms with Crippen LogP contribution in [-0.2, 0) is 20.7 Å². The van der Waals surface area contributed by atoms with Crippen molar-refractivity contribution in [1.82, 2.24) is 9.88 Å². The molecule has 2 aromatic rings. The summed E-state index contributed by atoms with van der Waals surface area (Å²) in [6.07, 6.45) is 5.11. The van der Waals surface area contributed by atoms with Gasteiger partial charge in [-0.05, 0) is 44.2 Å². The van der Waals surface area contributed by atoms with Gasteiger partial charge in [0.15, 0.2) is 0 Å². The van der Waals surface area contributed by atoms with E-state index in [4.69, 9.17) is 9.47 Å². The number of hydrogen-bond acceptors (Lipinski definition) is 3. The topological polar surface area (TPSA) is 54.6 Å². The van der Waals surface area contributed by atoms with E-state index in [9.17, 15) is 4.79 Å². The van der Waals surface area contributed by atoms with E-state index in [2.05, 4.69) is 17.1 Å². The Hall–Kier alpha value is -1.85. The average Bonchev–Trinajstić information content (AvgIpc) is 3.29. The number of carbonyl (C=O) groups excluding carboxylic acids is 1. The lowest BCUT2D eigenvalue weighted by Crippen LogP contribution is -2.42. The van der Waals surface area contributed by atoms with Crippen LogP contribution in [0.3, 0.4) is 0 Å². The lowest BCUT2D eigenvalue weighted by molar-refractivity contribution is -0.133. The summed E-state index contributed by atoms with van der Waals surface area (Å²) in [6.45, 7) is 5.20. The van der Waals surface area contributed by atoms with Gasteiger partial charge in [-0.2, -0.15) is 0 Å². The van der Waals surface area contributed by atoms with Crippen LogP contribution in [0.1, 0.15) is 36.9 Å².